The molecule has 0 spiro atoms. The van der Waals surface area contributed by atoms with Crippen LogP contribution >= 0.6 is 0 Å². The summed E-state index contributed by atoms with van der Waals surface area (Å²) in [6, 6.07) is 17.6. The maximum Gasteiger partial charge on any atom is 0.343 e. The first kappa shape index (κ1) is 27.3. The molecule has 1 unspecified atom stereocenters. The van der Waals surface area contributed by atoms with Gasteiger partial charge in [0.2, 0.25) is 0 Å². The summed E-state index contributed by atoms with van der Waals surface area (Å²) in [6.45, 7) is 8.86. The van der Waals surface area contributed by atoms with Gasteiger partial charge >= 0.3 is 17.9 Å². The Morgan fingerprint density at radius 2 is 1.46 bits per heavy atom. The molecule has 200 valence electrons. The molecule has 0 radical (unpaired) electrons. The number of carbonyl (C=O) groups excluding carboxylic acids is 3. The molecular formula is C31H28O8. The van der Waals surface area contributed by atoms with Gasteiger partial charge in [-0.25, -0.2) is 14.4 Å². The van der Waals surface area contributed by atoms with E-state index >= 15 is 0 Å². The van der Waals surface area contributed by atoms with E-state index in [1.807, 2.05) is 31.2 Å². The summed E-state index contributed by atoms with van der Waals surface area (Å²) >= 11 is 0. The van der Waals surface area contributed by atoms with Crippen LogP contribution in [0.3, 0.4) is 0 Å². The zero-order valence-electron chi connectivity index (χ0n) is 21.5. The van der Waals surface area contributed by atoms with Crippen LogP contribution in [0.5, 0.6) is 17.2 Å². The van der Waals surface area contributed by atoms with Crippen molar-refractivity contribution in [3.8, 4) is 28.4 Å². The lowest BCUT2D eigenvalue weighted by Gasteiger charge is -2.10. The second-order valence-corrected chi connectivity index (χ2v) is 8.86. The van der Waals surface area contributed by atoms with E-state index in [4.69, 9.17) is 24.1 Å². The van der Waals surface area contributed by atoms with Crippen LogP contribution in [0.2, 0.25) is 0 Å². The van der Waals surface area contributed by atoms with E-state index in [-0.39, 0.29) is 18.1 Å². The molecule has 3 aromatic rings. The van der Waals surface area contributed by atoms with Gasteiger partial charge in [0.25, 0.3) is 0 Å². The lowest BCUT2D eigenvalue weighted by molar-refractivity contribution is -0.139. The predicted octanol–water partition coefficient (Wildman–Crippen LogP) is 4.99. The minimum Gasteiger partial charge on any atom is -0.493 e. The number of carbonyl (C=O) groups is 3. The molecule has 1 atom stereocenters. The van der Waals surface area contributed by atoms with Crippen molar-refractivity contribution in [3.05, 3.63) is 102 Å². The zero-order chi connectivity index (χ0) is 27.9. The van der Waals surface area contributed by atoms with E-state index in [1.54, 1.807) is 36.4 Å². The van der Waals surface area contributed by atoms with E-state index < -0.39 is 24.5 Å². The Hall–Kier alpha value is -4.69. The second kappa shape index (κ2) is 12.2. The van der Waals surface area contributed by atoms with E-state index in [0.29, 0.717) is 35.8 Å². The van der Waals surface area contributed by atoms with Crippen LogP contribution in [0, 0.1) is 0 Å². The smallest absolute Gasteiger partial charge is 0.343 e. The van der Waals surface area contributed by atoms with Gasteiger partial charge in [-0.1, -0.05) is 32.2 Å². The minimum atomic E-state index is -0.636. The van der Waals surface area contributed by atoms with Gasteiger partial charge in [0.15, 0.2) is 0 Å². The number of rotatable bonds is 11. The molecule has 8 nitrogen and oxygen atoms in total. The Kier molecular flexibility index (Phi) is 8.58. The standard InChI is InChI=1S/C31H28O8/c1-4-29(33)38-23-10-12-25-26-13-11-24(17-28(26)20(3)27(25)16-23)39-31(35)21-6-8-22(9-7-21)36-14-5-15-37-30(34)19(2)18-32/h4,6-13,16-17,20,32H,1-2,5,14-15,18H2,3H3. The minimum absolute atomic E-state index is 0.000212. The largest absolute Gasteiger partial charge is 0.493 e. The summed E-state index contributed by atoms with van der Waals surface area (Å²) < 4.78 is 21.5. The highest BCUT2D eigenvalue weighted by molar-refractivity contribution is 5.91. The molecule has 0 bridgehead atoms. The van der Waals surface area contributed by atoms with Crippen LogP contribution in [-0.2, 0) is 14.3 Å². The van der Waals surface area contributed by atoms with Gasteiger partial charge < -0.3 is 24.1 Å². The third-order valence-electron chi connectivity index (χ3n) is 6.23. The van der Waals surface area contributed by atoms with Crippen molar-refractivity contribution in [1.82, 2.24) is 0 Å². The number of aliphatic hydroxyl groups is 1. The number of aliphatic hydroxyl groups excluding tert-OH is 1. The number of esters is 3. The quantitative estimate of drug-likeness (QED) is 0.161. The molecule has 0 aliphatic heterocycles. The van der Waals surface area contributed by atoms with Gasteiger partial charge in [-0.2, -0.15) is 0 Å². The number of ether oxygens (including phenoxy) is 4. The normalized spacial score (nSPS) is 13.0. The molecule has 1 aliphatic carbocycles. The fourth-order valence-electron chi connectivity index (χ4n) is 4.17. The summed E-state index contributed by atoms with van der Waals surface area (Å²) in [5.41, 5.74) is 4.47. The summed E-state index contributed by atoms with van der Waals surface area (Å²) in [5, 5.41) is 8.85. The molecular weight excluding hydrogens is 500 g/mol. The van der Waals surface area contributed by atoms with Gasteiger partial charge in [0.05, 0.1) is 31.0 Å². The van der Waals surface area contributed by atoms with Gasteiger partial charge in [-0.05, 0) is 70.8 Å². The first-order chi connectivity index (χ1) is 18.8. The third kappa shape index (κ3) is 6.42. The molecule has 0 aromatic heterocycles. The first-order valence-corrected chi connectivity index (χ1v) is 12.3. The maximum absolute atomic E-state index is 12.8. The summed E-state index contributed by atoms with van der Waals surface area (Å²) in [6.07, 6.45) is 1.57. The van der Waals surface area contributed by atoms with Crippen molar-refractivity contribution in [2.24, 2.45) is 0 Å². The molecule has 8 heteroatoms. The molecule has 0 saturated heterocycles. The number of hydrogen-bond acceptors (Lipinski definition) is 8. The van der Waals surface area contributed by atoms with Crippen molar-refractivity contribution in [3.63, 3.8) is 0 Å². The summed E-state index contributed by atoms with van der Waals surface area (Å²) in [4.78, 5) is 35.7. The van der Waals surface area contributed by atoms with Gasteiger partial charge in [0.1, 0.15) is 17.2 Å². The summed E-state index contributed by atoms with van der Waals surface area (Å²) in [5.74, 6) is -0.204. The Balaban J connectivity index is 1.33. The molecule has 3 aromatic carbocycles. The van der Waals surface area contributed by atoms with Crippen LogP contribution in [0.1, 0.15) is 40.7 Å². The highest BCUT2D eigenvalue weighted by Gasteiger charge is 2.27. The topological polar surface area (TPSA) is 108 Å². The van der Waals surface area contributed by atoms with E-state index in [2.05, 4.69) is 13.2 Å². The number of benzene rings is 3. The highest BCUT2D eigenvalue weighted by atomic mass is 16.5. The highest BCUT2D eigenvalue weighted by Crippen LogP contribution is 2.47. The van der Waals surface area contributed by atoms with Crippen molar-refractivity contribution in [2.45, 2.75) is 19.3 Å². The predicted molar refractivity (Wildman–Crippen MR) is 144 cm³/mol. The van der Waals surface area contributed by atoms with E-state index in [1.165, 1.54) is 0 Å². The van der Waals surface area contributed by atoms with Gasteiger partial charge in [0, 0.05) is 18.4 Å². The van der Waals surface area contributed by atoms with Crippen molar-refractivity contribution < 1.29 is 38.4 Å². The zero-order valence-corrected chi connectivity index (χ0v) is 21.5. The lowest BCUT2D eigenvalue weighted by Crippen LogP contribution is -2.12. The van der Waals surface area contributed by atoms with Crippen molar-refractivity contribution in [2.75, 3.05) is 19.8 Å². The van der Waals surface area contributed by atoms with Crippen LogP contribution in [0.15, 0.2) is 85.5 Å². The molecule has 1 aliphatic rings. The maximum atomic E-state index is 12.8. The lowest BCUT2D eigenvalue weighted by atomic mass is 9.99. The SMILES string of the molecule is C=CC(=O)Oc1ccc2c(c1)C(C)c1cc(OC(=O)c3ccc(OCCCOC(=O)C(=C)CO)cc3)ccc1-2. The van der Waals surface area contributed by atoms with Gasteiger partial charge in [-0.15, -0.1) is 0 Å². The fourth-order valence-corrected chi connectivity index (χ4v) is 4.17. The Labute approximate surface area is 226 Å². The van der Waals surface area contributed by atoms with Gasteiger partial charge in [-0.3, -0.25) is 0 Å². The van der Waals surface area contributed by atoms with E-state index in [9.17, 15) is 14.4 Å². The Bertz CT molecular complexity index is 1420. The molecule has 39 heavy (non-hydrogen) atoms. The van der Waals surface area contributed by atoms with Crippen molar-refractivity contribution >= 4 is 17.9 Å². The Morgan fingerprint density at radius 1 is 0.872 bits per heavy atom. The number of fused-ring (bicyclic) bond motifs is 3. The van der Waals surface area contributed by atoms with Crippen LogP contribution in [0.25, 0.3) is 11.1 Å². The average Bonchev–Trinajstić information content (AvgIpc) is 3.22. The fraction of sp³-hybridized carbons (Fsp3) is 0.194. The first-order valence-electron chi connectivity index (χ1n) is 12.3. The molecule has 0 amide bonds. The average molecular weight is 529 g/mol. The van der Waals surface area contributed by atoms with Crippen LogP contribution in [0.4, 0.5) is 0 Å². The number of hydrogen-bond donors (Lipinski definition) is 1. The molecule has 1 N–H and O–H groups in total. The molecule has 0 fully saturated rings. The second-order valence-electron chi connectivity index (χ2n) is 8.86. The monoisotopic (exact) mass is 528 g/mol. The van der Waals surface area contributed by atoms with E-state index in [0.717, 1.165) is 28.3 Å². The molecule has 4 rings (SSSR count). The van der Waals surface area contributed by atoms with Crippen LogP contribution in [-0.4, -0.2) is 42.8 Å². The third-order valence-corrected chi connectivity index (χ3v) is 6.23. The molecule has 0 saturated carbocycles. The Morgan fingerprint density at radius 3 is 2.05 bits per heavy atom. The molecule has 0 heterocycles. The van der Waals surface area contributed by atoms with Crippen LogP contribution < -0.4 is 14.2 Å². The van der Waals surface area contributed by atoms with Crippen molar-refractivity contribution in [1.29, 1.82) is 0 Å². The summed E-state index contributed by atoms with van der Waals surface area (Å²) in [7, 11) is 0.